The number of carbonyl (C=O) groups is 2. The number of amides is 1. The quantitative estimate of drug-likeness (QED) is 0.881. The maximum atomic E-state index is 12.0. The van der Waals surface area contributed by atoms with Gasteiger partial charge in [-0.05, 0) is 30.1 Å². The molecular weight excluding hydrogens is 346 g/mol. The van der Waals surface area contributed by atoms with Gasteiger partial charge in [0.1, 0.15) is 18.3 Å². The average Bonchev–Trinajstić information content (AvgIpc) is 3.30. The third-order valence-corrected chi connectivity index (χ3v) is 4.71. The first-order valence-electron chi connectivity index (χ1n) is 8.66. The second kappa shape index (κ2) is 6.71. The Balaban J connectivity index is 1.48. The Bertz CT molecular complexity index is 937. The third-order valence-electron chi connectivity index (χ3n) is 4.71. The number of nitrogens with two attached hydrogens (primary N) is 1. The van der Waals surface area contributed by atoms with Crippen LogP contribution in [0.4, 0.5) is 4.79 Å². The standard InChI is InChI=1S/C19H19N5O3/c1-12-9-24-10-14(8-16(17(20)25)18(24)22-12)13-2-4-15(5-3-13)27-19(26)23-7-6-21-11-23/h2,6-8,10-11,15H,1,3-5,9H2,(H2,20,25). The van der Waals surface area contributed by atoms with Crippen LogP contribution in [-0.4, -0.2) is 44.9 Å². The van der Waals surface area contributed by atoms with Crippen LogP contribution in [0.2, 0.25) is 0 Å². The van der Waals surface area contributed by atoms with Crippen molar-refractivity contribution in [3.63, 3.8) is 0 Å². The van der Waals surface area contributed by atoms with E-state index >= 15 is 0 Å². The molecule has 1 atom stereocenters. The summed E-state index contributed by atoms with van der Waals surface area (Å²) >= 11 is 0. The van der Waals surface area contributed by atoms with Crippen LogP contribution < -0.4 is 5.73 Å². The Hall–Kier alpha value is -3.42. The molecule has 0 fully saturated rings. The predicted molar refractivity (Wildman–Crippen MR) is 98.5 cm³/mol. The number of imidazole rings is 1. The Morgan fingerprint density at radius 2 is 2.22 bits per heavy atom. The lowest BCUT2D eigenvalue weighted by molar-refractivity contribution is -0.114. The van der Waals surface area contributed by atoms with E-state index in [-0.39, 0.29) is 6.10 Å². The van der Waals surface area contributed by atoms with Gasteiger partial charge in [-0.15, -0.1) is 0 Å². The Morgan fingerprint density at radius 3 is 2.89 bits per heavy atom. The molecule has 1 amide bonds. The van der Waals surface area contributed by atoms with Gasteiger partial charge in [0.05, 0.1) is 17.8 Å². The summed E-state index contributed by atoms with van der Waals surface area (Å²) in [7, 11) is 0. The monoisotopic (exact) mass is 365 g/mol. The minimum Gasteiger partial charge on any atom is -0.445 e. The SMILES string of the molecule is C=C1CN2C=C(C3=CCC(OC(=O)n4ccnc4)CC3)C=C(C(N)=O)C2=N1. The number of nitrogens with zero attached hydrogens (tertiary/aromatic N) is 4. The molecule has 2 N–H and O–H groups in total. The lowest BCUT2D eigenvalue weighted by Crippen LogP contribution is -2.33. The number of amidine groups is 1. The molecule has 8 nitrogen and oxygen atoms in total. The zero-order chi connectivity index (χ0) is 19.0. The molecule has 3 aliphatic rings. The third kappa shape index (κ3) is 3.33. The van der Waals surface area contributed by atoms with E-state index in [0.29, 0.717) is 36.5 Å². The van der Waals surface area contributed by atoms with E-state index in [4.69, 9.17) is 10.5 Å². The number of aromatic nitrogens is 2. The van der Waals surface area contributed by atoms with Gasteiger partial charge < -0.3 is 15.4 Å². The van der Waals surface area contributed by atoms with Crippen LogP contribution in [0.3, 0.4) is 0 Å². The molecule has 0 aromatic carbocycles. The van der Waals surface area contributed by atoms with Crippen molar-refractivity contribution in [1.29, 1.82) is 0 Å². The van der Waals surface area contributed by atoms with Crippen molar-refractivity contribution in [2.24, 2.45) is 10.7 Å². The molecule has 1 aromatic rings. The van der Waals surface area contributed by atoms with Crippen molar-refractivity contribution in [1.82, 2.24) is 14.5 Å². The van der Waals surface area contributed by atoms with Crippen molar-refractivity contribution in [3.8, 4) is 0 Å². The fourth-order valence-electron chi connectivity index (χ4n) is 3.37. The highest BCUT2D eigenvalue weighted by atomic mass is 16.6. The largest absolute Gasteiger partial charge is 0.445 e. The molecule has 0 saturated heterocycles. The Morgan fingerprint density at radius 1 is 1.37 bits per heavy atom. The molecule has 27 heavy (non-hydrogen) atoms. The molecule has 1 unspecified atom stereocenters. The van der Waals surface area contributed by atoms with Gasteiger partial charge in [0.25, 0.3) is 5.91 Å². The smallest absolute Gasteiger partial charge is 0.419 e. The summed E-state index contributed by atoms with van der Waals surface area (Å²) in [6.07, 6.45) is 11.7. The van der Waals surface area contributed by atoms with E-state index in [2.05, 4.69) is 16.6 Å². The van der Waals surface area contributed by atoms with E-state index in [9.17, 15) is 9.59 Å². The molecule has 8 heteroatoms. The number of fused-ring (bicyclic) bond motifs is 1. The number of hydrogen-bond donors (Lipinski definition) is 1. The zero-order valence-electron chi connectivity index (χ0n) is 14.7. The topological polar surface area (TPSA) is 103 Å². The zero-order valence-corrected chi connectivity index (χ0v) is 14.7. The van der Waals surface area contributed by atoms with Gasteiger partial charge >= 0.3 is 6.09 Å². The molecule has 0 bridgehead atoms. The van der Waals surface area contributed by atoms with Crippen molar-refractivity contribution < 1.29 is 14.3 Å². The van der Waals surface area contributed by atoms with Crippen LogP contribution in [-0.2, 0) is 9.53 Å². The minimum absolute atomic E-state index is 0.184. The van der Waals surface area contributed by atoms with Crippen LogP contribution in [0, 0.1) is 0 Å². The summed E-state index contributed by atoms with van der Waals surface area (Å²) < 4.78 is 6.81. The molecule has 1 aromatic heterocycles. The number of rotatable bonds is 3. The van der Waals surface area contributed by atoms with Crippen LogP contribution in [0.5, 0.6) is 0 Å². The molecule has 0 radical (unpaired) electrons. The highest BCUT2D eigenvalue weighted by molar-refractivity contribution is 6.22. The minimum atomic E-state index is -0.511. The molecule has 138 valence electrons. The van der Waals surface area contributed by atoms with Crippen molar-refractivity contribution in [3.05, 3.63) is 66.1 Å². The van der Waals surface area contributed by atoms with Gasteiger partial charge in [0.15, 0.2) is 0 Å². The Kier molecular flexibility index (Phi) is 4.23. The number of allylic oxidation sites excluding steroid dienone is 3. The molecule has 0 saturated carbocycles. The lowest BCUT2D eigenvalue weighted by Gasteiger charge is -2.27. The molecule has 0 spiro atoms. The van der Waals surface area contributed by atoms with Gasteiger partial charge in [-0.3, -0.25) is 4.79 Å². The van der Waals surface area contributed by atoms with Crippen LogP contribution in [0.25, 0.3) is 0 Å². The van der Waals surface area contributed by atoms with E-state index < -0.39 is 12.0 Å². The van der Waals surface area contributed by atoms with Crippen LogP contribution >= 0.6 is 0 Å². The molecule has 4 rings (SSSR count). The maximum absolute atomic E-state index is 12.0. The van der Waals surface area contributed by atoms with Gasteiger partial charge in [-0.2, -0.15) is 0 Å². The van der Waals surface area contributed by atoms with Gasteiger partial charge in [0, 0.05) is 25.0 Å². The van der Waals surface area contributed by atoms with Crippen LogP contribution in [0.1, 0.15) is 19.3 Å². The van der Waals surface area contributed by atoms with E-state index in [1.165, 1.54) is 17.1 Å². The highest BCUT2D eigenvalue weighted by Crippen LogP contribution is 2.32. The summed E-state index contributed by atoms with van der Waals surface area (Å²) in [6.45, 7) is 4.40. The molecular formula is C19H19N5O3. The molecule has 2 aliphatic heterocycles. The van der Waals surface area contributed by atoms with E-state index in [1.807, 2.05) is 17.2 Å². The van der Waals surface area contributed by atoms with Crippen molar-refractivity contribution >= 4 is 17.8 Å². The number of aliphatic imine (C=N–C) groups is 1. The average molecular weight is 365 g/mol. The first-order chi connectivity index (χ1) is 13.0. The Labute approximate surface area is 156 Å². The van der Waals surface area contributed by atoms with Crippen molar-refractivity contribution in [2.75, 3.05) is 6.54 Å². The van der Waals surface area contributed by atoms with Crippen LogP contribution in [0.15, 0.2) is 71.1 Å². The summed E-state index contributed by atoms with van der Waals surface area (Å²) in [4.78, 5) is 33.9. The predicted octanol–water partition coefficient (Wildman–Crippen LogP) is 1.88. The molecule has 1 aliphatic carbocycles. The van der Waals surface area contributed by atoms with E-state index in [1.54, 1.807) is 12.3 Å². The summed E-state index contributed by atoms with van der Waals surface area (Å²) in [5.41, 5.74) is 8.64. The normalized spacial score (nSPS) is 21.7. The van der Waals surface area contributed by atoms with Gasteiger partial charge in [-0.25, -0.2) is 19.3 Å². The highest BCUT2D eigenvalue weighted by Gasteiger charge is 2.30. The lowest BCUT2D eigenvalue weighted by atomic mass is 9.90. The first kappa shape index (κ1) is 17.0. The first-order valence-corrected chi connectivity index (χ1v) is 8.66. The maximum Gasteiger partial charge on any atom is 0.419 e. The fourth-order valence-corrected chi connectivity index (χ4v) is 3.37. The summed E-state index contributed by atoms with van der Waals surface area (Å²) in [6, 6.07) is 0. The summed E-state index contributed by atoms with van der Waals surface area (Å²) in [5, 5.41) is 0. The number of hydrogen-bond acceptors (Lipinski definition) is 6. The number of ether oxygens (including phenoxy) is 1. The second-order valence-electron chi connectivity index (χ2n) is 6.62. The van der Waals surface area contributed by atoms with Gasteiger partial charge in [-0.1, -0.05) is 12.7 Å². The van der Waals surface area contributed by atoms with E-state index in [0.717, 1.165) is 17.6 Å². The number of primary amides is 1. The van der Waals surface area contributed by atoms with Gasteiger partial charge in [0.2, 0.25) is 0 Å². The molecule has 3 heterocycles. The number of carbonyl (C=O) groups excluding carboxylic acids is 2. The van der Waals surface area contributed by atoms with Crippen molar-refractivity contribution in [2.45, 2.75) is 25.4 Å². The fraction of sp³-hybridized carbons (Fsp3) is 0.263. The summed E-state index contributed by atoms with van der Waals surface area (Å²) in [5.74, 6) is 0.0439. The second-order valence-corrected chi connectivity index (χ2v) is 6.62.